The van der Waals surface area contributed by atoms with E-state index >= 15 is 0 Å². The summed E-state index contributed by atoms with van der Waals surface area (Å²) in [6, 6.07) is 12.0. The first kappa shape index (κ1) is 43.0. The molecule has 0 radical (unpaired) electrons. The van der Waals surface area contributed by atoms with E-state index < -0.39 is 30.6 Å². The first-order valence-corrected chi connectivity index (χ1v) is 20.0. The van der Waals surface area contributed by atoms with Gasteiger partial charge in [-0.15, -0.1) is 0 Å². The molecule has 2 amide bonds. The van der Waals surface area contributed by atoms with Crippen LogP contribution in [0.25, 0.3) is 0 Å². The van der Waals surface area contributed by atoms with Crippen LogP contribution in [0.1, 0.15) is 126 Å². The number of likely N-dealkylation sites (tertiary alicyclic amines) is 2. The summed E-state index contributed by atoms with van der Waals surface area (Å²) in [5.74, 6) is -2.03. The van der Waals surface area contributed by atoms with Gasteiger partial charge in [0.2, 0.25) is 5.91 Å². The molecule has 9 nitrogen and oxygen atoms in total. The summed E-state index contributed by atoms with van der Waals surface area (Å²) in [4.78, 5) is 29.6. The lowest BCUT2D eigenvalue weighted by atomic mass is 9.43. The van der Waals surface area contributed by atoms with E-state index in [0.717, 1.165) is 44.1 Å². The first-order chi connectivity index (χ1) is 24.9. The van der Waals surface area contributed by atoms with Crippen LogP contribution in [0.4, 0.5) is 13.6 Å². The Balaban J connectivity index is 0.000000379. The van der Waals surface area contributed by atoms with Crippen molar-refractivity contribution in [2.24, 2.45) is 17.3 Å². The number of nitriles is 1. The molecular weight excluding hydrogens is 677 g/mol. The summed E-state index contributed by atoms with van der Waals surface area (Å²) in [6.45, 7) is 21.4. The standard InChI is InChI=1S/C30H42BN3O5.C9H17F2N.C2H6/c1-6-22-12-14-29(4,34(22)26(35)13-15-32)19-37-27(36)33-25(16-20-10-8-7-9-11-20)31-38-24-18-21-17-23(28(21,2)3)30(24,5)39-31;1-4-8(2,3)12-6-5-9(10,11)7-12;1-2/h7-11,21-25H,6,12-14,16-19H2,1-5H3,(H,33,36);4-7H2,1-3H3;1-2H3/t21?,22?,23?,24?,25?,29?,30-;;/m0../s1. The molecule has 2 bridgehead atoms. The highest BCUT2D eigenvalue weighted by Gasteiger charge is 2.68. The first-order valence-electron chi connectivity index (χ1n) is 20.0. The molecule has 3 aliphatic carbocycles. The normalized spacial score (nSPS) is 31.5. The van der Waals surface area contributed by atoms with Crippen LogP contribution in [0.15, 0.2) is 30.3 Å². The maximum Gasteiger partial charge on any atom is 0.482 e. The van der Waals surface area contributed by atoms with Crippen molar-refractivity contribution >= 4 is 19.1 Å². The predicted molar refractivity (Wildman–Crippen MR) is 204 cm³/mol. The van der Waals surface area contributed by atoms with Crippen LogP contribution < -0.4 is 5.32 Å². The molecule has 3 saturated carbocycles. The number of carbonyl (C=O) groups is 2. The number of nitrogens with one attached hydrogen (secondary N) is 1. The number of ether oxygens (including phenoxy) is 1. The SMILES string of the molecule is CC.CCC(C)(C)N1CCC(F)(F)C1.CCC1CCC(C)(COC(=O)NC(Cc2ccccc2)B2OC3CC4CC(C4(C)C)[C@]3(C)O2)N1C(=O)CC#N. The number of hydrogen-bond donors (Lipinski definition) is 1. The largest absolute Gasteiger partial charge is 0.482 e. The van der Waals surface area contributed by atoms with Gasteiger partial charge in [0.15, 0.2) is 0 Å². The number of nitrogens with zero attached hydrogens (tertiary/aromatic N) is 3. The average Bonchev–Trinajstić information content (AvgIpc) is 3.80. The van der Waals surface area contributed by atoms with Crippen LogP contribution in [0.5, 0.6) is 0 Å². The van der Waals surface area contributed by atoms with Gasteiger partial charge in [-0.25, -0.2) is 13.6 Å². The molecule has 6 unspecified atom stereocenters. The van der Waals surface area contributed by atoms with E-state index in [9.17, 15) is 18.4 Å². The van der Waals surface area contributed by atoms with Crippen molar-refractivity contribution in [2.45, 2.75) is 168 Å². The predicted octanol–water partition coefficient (Wildman–Crippen LogP) is 8.21. The van der Waals surface area contributed by atoms with Crippen molar-refractivity contribution in [3.63, 3.8) is 0 Å². The van der Waals surface area contributed by atoms with Gasteiger partial charge in [-0.05, 0) is 95.5 Å². The summed E-state index contributed by atoms with van der Waals surface area (Å²) >= 11 is 0. The molecule has 0 spiro atoms. The maximum absolute atomic E-state index is 13.2. The van der Waals surface area contributed by atoms with E-state index in [1.54, 1.807) is 4.90 Å². The Labute approximate surface area is 318 Å². The van der Waals surface area contributed by atoms with E-state index in [1.807, 2.05) is 89.8 Å². The molecule has 53 heavy (non-hydrogen) atoms. The fraction of sp³-hybridized carbons (Fsp3) is 0.780. The summed E-state index contributed by atoms with van der Waals surface area (Å²) in [6.07, 6.45) is 5.25. The molecule has 1 aromatic rings. The Morgan fingerprint density at radius 3 is 2.36 bits per heavy atom. The molecule has 6 aliphatic rings. The fourth-order valence-electron chi connectivity index (χ4n) is 9.40. The fourth-order valence-corrected chi connectivity index (χ4v) is 9.40. The van der Waals surface area contributed by atoms with Crippen molar-refractivity contribution in [3.05, 3.63) is 35.9 Å². The van der Waals surface area contributed by atoms with Gasteiger partial charge in [-0.3, -0.25) is 9.69 Å². The summed E-state index contributed by atoms with van der Waals surface area (Å²) < 4.78 is 44.6. The Bertz CT molecular complexity index is 1440. The third-order valence-electron chi connectivity index (χ3n) is 13.2. The van der Waals surface area contributed by atoms with Crippen molar-refractivity contribution in [3.8, 4) is 6.07 Å². The quantitative estimate of drug-likeness (QED) is 0.241. The lowest BCUT2D eigenvalue weighted by Gasteiger charge is -2.64. The number of halogens is 2. The molecule has 0 aromatic heterocycles. The van der Waals surface area contributed by atoms with Crippen LogP contribution >= 0.6 is 0 Å². The molecule has 1 aromatic carbocycles. The third kappa shape index (κ3) is 9.21. The van der Waals surface area contributed by atoms with Gasteiger partial charge in [0.1, 0.15) is 13.0 Å². The Kier molecular flexibility index (Phi) is 13.7. The molecule has 6 fully saturated rings. The highest BCUT2D eigenvalue weighted by molar-refractivity contribution is 6.47. The summed E-state index contributed by atoms with van der Waals surface area (Å²) in [5, 5.41) is 12.1. The van der Waals surface area contributed by atoms with Crippen LogP contribution in [0.3, 0.4) is 0 Å². The number of carbonyl (C=O) groups excluding carboxylic acids is 2. The Morgan fingerprint density at radius 1 is 1.11 bits per heavy atom. The summed E-state index contributed by atoms with van der Waals surface area (Å²) in [7, 11) is -0.580. The highest BCUT2D eigenvalue weighted by Crippen LogP contribution is 2.65. The van der Waals surface area contributed by atoms with E-state index in [4.69, 9.17) is 19.3 Å². The van der Waals surface area contributed by atoms with E-state index in [-0.39, 0.29) is 60.6 Å². The molecule has 3 heterocycles. The van der Waals surface area contributed by atoms with Crippen molar-refractivity contribution in [2.75, 3.05) is 19.7 Å². The van der Waals surface area contributed by atoms with Gasteiger partial charge in [0, 0.05) is 24.5 Å². The number of hydrogen-bond acceptors (Lipinski definition) is 7. The monoisotopic (exact) mass is 743 g/mol. The zero-order valence-electron chi connectivity index (χ0n) is 34.0. The molecule has 296 valence electrons. The topological polar surface area (TPSA) is 104 Å². The van der Waals surface area contributed by atoms with Crippen LogP contribution in [0.2, 0.25) is 0 Å². The highest BCUT2D eigenvalue weighted by atomic mass is 19.3. The van der Waals surface area contributed by atoms with Gasteiger partial charge in [0.05, 0.1) is 35.8 Å². The maximum atomic E-state index is 13.2. The van der Waals surface area contributed by atoms with Gasteiger partial charge >= 0.3 is 13.2 Å². The minimum atomic E-state index is -2.45. The average molecular weight is 743 g/mol. The van der Waals surface area contributed by atoms with Crippen LogP contribution in [-0.2, 0) is 25.3 Å². The lowest BCUT2D eigenvalue weighted by molar-refractivity contribution is -0.199. The molecule has 3 aliphatic heterocycles. The second-order valence-corrected chi connectivity index (χ2v) is 17.2. The Hall–Kier alpha value is -2.75. The summed E-state index contributed by atoms with van der Waals surface area (Å²) in [5.41, 5.74) is 0.210. The lowest BCUT2D eigenvalue weighted by Crippen LogP contribution is -2.65. The van der Waals surface area contributed by atoms with Crippen molar-refractivity contribution in [1.29, 1.82) is 5.26 Å². The van der Waals surface area contributed by atoms with Gasteiger partial charge < -0.3 is 24.3 Å². The number of alkyl halides is 2. The zero-order valence-corrected chi connectivity index (χ0v) is 34.0. The molecule has 1 N–H and O–H groups in total. The number of benzene rings is 1. The van der Waals surface area contributed by atoms with Crippen molar-refractivity contribution < 1.29 is 32.4 Å². The third-order valence-corrected chi connectivity index (χ3v) is 13.2. The van der Waals surface area contributed by atoms with Gasteiger partial charge in [-0.1, -0.05) is 71.9 Å². The molecule has 12 heteroatoms. The van der Waals surface area contributed by atoms with Crippen molar-refractivity contribution in [1.82, 2.24) is 15.1 Å². The minimum Gasteiger partial charge on any atom is -0.447 e. The van der Waals surface area contributed by atoms with Gasteiger partial charge in [-0.2, -0.15) is 5.26 Å². The van der Waals surface area contributed by atoms with E-state index in [1.165, 1.54) is 0 Å². The van der Waals surface area contributed by atoms with E-state index in [0.29, 0.717) is 24.8 Å². The van der Waals surface area contributed by atoms with Gasteiger partial charge in [0.25, 0.3) is 5.92 Å². The number of amides is 2. The van der Waals surface area contributed by atoms with Crippen LogP contribution in [-0.4, -0.2) is 89.3 Å². The Morgan fingerprint density at radius 2 is 1.79 bits per heavy atom. The van der Waals surface area contributed by atoms with E-state index in [2.05, 4.69) is 26.1 Å². The molecule has 7 atom stereocenters. The number of rotatable bonds is 10. The zero-order chi connectivity index (χ0) is 39.4. The minimum absolute atomic E-state index is 0.0125. The van der Waals surface area contributed by atoms with Crippen LogP contribution in [0, 0.1) is 28.6 Å². The molecule has 3 saturated heterocycles. The molecular formula is C41H65BF2N4O5. The molecule has 7 rings (SSSR count). The smallest absolute Gasteiger partial charge is 0.447 e. The second kappa shape index (κ2) is 17.0. The number of alkyl carbamates (subject to hydrolysis) is 1. The second-order valence-electron chi connectivity index (χ2n) is 17.2.